The minimum atomic E-state index is -5.35. The molecular formula is C6H9B3Li2O16S3. The Balaban J connectivity index is 0. The van der Waals surface area contributed by atoms with Crippen LogP contribution in [0.15, 0.2) is 0 Å². The van der Waals surface area contributed by atoms with Crippen molar-refractivity contribution in [1.82, 2.24) is 0 Å². The van der Waals surface area contributed by atoms with Crippen molar-refractivity contribution in [3.8, 4) is 0 Å². The van der Waals surface area contributed by atoms with Gasteiger partial charge in [0.15, 0.2) is 0 Å². The Bertz CT molecular complexity index is 878. The number of carboxylic acids is 2. The normalized spacial score (nSPS) is 16.3. The largest absolute Gasteiger partial charge is 1.00 e. The zero-order valence-corrected chi connectivity index (χ0v) is 18.2. The van der Waals surface area contributed by atoms with E-state index in [9.17, 15) is 45.1 Å². The molecule has 1 atom stereocenters. The summed E-state index contributed by atoms with van der Waals surface area (Å²) in [5, 5.41) is 18.6. The van der Waals surface area contributed by atoms with Crippen LogP contribution in [0.4, 0.5) is 0 Å². The molecule has 1 aliphatic heterocycles. The van der Waals surface area contributed by atoms with Crippen LogP contribution in [-0.2, 0) is 66.0 Å². The maximum Gasteiger partial charge on any atom is 1.00 e. The Hall–Kier alpha value is -0.0604. The fraction of sp³-hybridized carbons (Fsp3) is 0.667. The second kappa shape index (κ2) is 12.3. The van der Waals surface area contributed by atoms with E-state index in [4.69, 9.17) is 0 Å². The molecule has 30 heavy (non-hydrogen) atoms. The van der Waals surface area contributed by atoms with Crippen LogP contribution in [0.5, 0.6) is 0 Å². The molecule has 24 heteroatoms. The molecule has 0 bridgehead atoms. The SMILES string of the molecule is CS(=O)(=O)OB1OB(OS(C)(=O)=O)OB(OS(=O)(=O)C(CC(=O)[O-])C(=O)[O-])O1.[Li+].[Li+]. The van der Waals surface area contributed by atoms with Crippen LogP contribution in [0.1, 0.15) is 6.42 Å². The van der Waals surface area contributed by atoms with Gasteiger partial charge in [-0.05, 0) is 0 Å². The van der Waals surface area contributed by atoms with Gasteiger partial charge in [-0.3, -0.25) is 12.3 Å². The molecule has 1 heterocycles. The third-order valence-corrected chi connectivity index (χ3v) is 4.84. The van der Waals surface area contributed by atoms with Gasteiger partial charge in [0.2, 0.25) is 0 Å². The predicted octanol–water partition coefficient (Wildman–Crippen LogP) is -12.4. The summed E-state index contributed by atoms with van der Waals surface area (Å²) >= 11 is 0. The zero-order chi connectivity index (χ0) is 21.9. The Morgan fingerprint density at radius 1 is 0.800 bits per heavy atom. The van der Waals surface area contributed by atoms with E-state index in [2.05, 4.69) is 26.0 Å². The van der Waals surface area contributed by atoms with Gasteiger partial charge in [0.05, 0.1) is 18.5 Å². The van der Waals surface area contributed by atoms with E-state index in [1.807, 2.05) is 0 Å². The Morgan fingerprint density at radius 3 is 1.40 bits per heavy atom. The molecule has 1 aliphatic rings. The van der Waals surface area contributed by atoms with E-state index >= 15 is 0 Å². The number of hydrogen-bond donors (Lipinski definition) is 0. The minimum absolute atomic E-state index is 0. The van der Waals surface area contributed by atoms with Gasteiger partial charge in [-0.15, -0.1) is 0 Å². The van der Waals surface area contributed by atoms with Crippen molar-refractivity contribution < 1.29 is 109 Å². The van der Waals surface area contributed by atoms with Gasteiger partial charge in [-0.1, -0.05) is 0 Å². The summed E-state index contributed by atoms with van der Waals surface area (Å²) in [5.41, 5.74) is 0. The fourth-order valence-corrected chi connectivity index (χ4v) is 3.19. The summed E-state index contributed by atoms with van der Waals surface area (Å²) in [7, 11) is -21.2. The molecule has 0 amide bonds. The maximum atomic E-state index is 11.9. The average Bonchev–Trinajstić information content (AvgIpc) is 2.39. The molecule has 1 unspecified atom stereocenters. The van der Waals surface area contributed by atoms with Crippen molar-refractivity contribution in [2.75, 3.05) is 12.5 Å². The fourth-order valence-electron chi connectivity index (χ4n) is 1.42. The molecule has 0 aromatic carbocycles. The molecule has 0 aromatic rings. The first-order chi connectivity index (χ1) is 12.5. The number of carbonyl (C=O) groups excluding carboxylic acids is 2. The molecule has 1 rings (SSSR count). The average molecular weight is 480 g/mol. The van der Waals surface area contributed by atoms with Gasteiger partial charge < -0.3 is 33.5 Å². The molecule has 1 saturated heterocycles. The third-order valence-electron chi connectivity index (χ3n) is 2.35. The maximum absolute atomic E-state index is 11.9. The Labute approximate surface area is 196 Å². The number of aliphatic carboxylic acids is 2. The minimum Gasteiger partial charge on any atom is -0.550 e. The molecule has 1 fully saturated rings. The van der Waals surface area contributed by atoms with Crippen LogP contribution >= 0.6 is 0 Å². The Kier molecular flexibility index (Phi) is 13.1. The van der Waals surface area contributed by atoms with E-state index in [1.54, 1.807) is 0 Å². The quantitative estimate of drug-likeness (QED) is 0.264. The van der Waals surface area contributed by atoms with Crippen molar-refractivity contribution in [2.24, 2.45) is 0 Å². The molecule has 0 saturated carbocycles. The van der Waals surface area contributed by atoms with Crippen molar-refractivity contribution in [1.29, 1.82) is 0 Å². The van der Waals surface area contributed by atoms with Gasteiger partial charge in [-0.2, -0.15) is 8.42 Å². The summed E-state index contributed by atoms with van der Waals surface area (Å²) in [6.45, 7) is 0. The summed E-state index contributed by atoms with van der Waals surface area (Å²) < 4.78 is 94.3. The van der Waals surface area contributed by atoms with Crippen LogP contribution in [-0.4, -0.2) is 76.9 Å². The second-order valence-corrected chi connectivity index (χ2v) is 9.80. The first-order valence-corrected chi connectivity index (χ1v) is 11.6. The topological polar surface area (TPSA) is 238 Å². The van der Waals surface area contributed by atoms with Crippen LogP contribution in [0.2, 0.25) is 0 Å². The zero-order valence-electron chi connectivity index (χ0n) is 15.8. The van der Waals surface area contributed by atoms with E-state index in [-0.39, 0.29) is 37.7 Å². The third kappa shape index (κ3) is 12.1. The molecule has 0 spiro atoms. The molecule has 0 aromatic heterocycles. The second-order valence-electron chi connectivity index (χ2n) is 4.85. The van der Waals surface area contributed by atoms with Crippen molar-refractivity contribution in [2.45, 2.75) is 11.7 Å². The molecule has 0 N–H and O–H groups in total. The summed E-state index contributed by atoms with van der Waals surface area (Å²) in [6, 6.07) is 0. The van der Waals surface area contributed by atoms with Crippen molar-refractivity contribution in [3.63, 3.8) is 0 Å². The summed E-state index contributed by atoms with van der Waals surface area (Å²) in [5.74, 6) is -4.48. The monoisotopic (exact) mass is 480 g/mol. The first kappa shape index (κ1) is 32.1. The van der Waals surface area contributed by atoms with E-state index < -0.39 is 75.9 Å². The first-order valence-electron chi connectivity index (χ1n) is 6.54. The summed E-state index contributed by atoms with van der Waals surface area (Å²) in [6.07, 6.45) is -0.555. The molecule has 16 nitrogen and oxygen atoms in total. The van der Waals surface area contributed by atoms with E-state index in [0.717, 1.165) is 0 Å². The molecule has 158 valence electrons. The van der Waals surface area contributed by atoms with E-state index in [1.165, 1.54) is 0 Å². The summed E-state index contributed by atoms with van der Waals surface area (Å²) in [4.78, 5) is 21.3. The van der Waals surface area contributed by atoms with Crippen molar-refractivity contribution in [3.05, 3.63) is 0 Å². The van der Waals surface area contributed by atoms with Crippen LogP contribution in [0.25, 0.3) is 0 Å². The molecule has 0 radical (unpaired) electrons. The van der Waals surface area contributed by atoms with Gasteiger partial charge in [0.1, 0.15) is 5.25 Å². The van der Waals surface area contributed by atoms with E-state index in [0.29, 0.717) is 12.5 Å². The van der Waals surface area contributed by atoms with Gasteiger partial charge >= 0.3 is 59.7 Å². The van der Waals surface area contributed by atoms with Gasteiger partial charge in [0, 0.05) is 12.4 Å². The number of carbonyl (C=O) groups is 2. The smallest absolute Gasteiger partial charge is 0.550 e. The van der Waals surface area contributed by atoms with Gasteiger partial charge in [0.25, 0.3) is 30.4 Å². The molecule has 0 aliphatic carbocycles. The number of carboxylic acid groups (broad SMARTS) is 2. The number of rotatable bonds is 10. The standard InChI is InChI=1S/C6H11B3O16S3.2Li/c1-26(14,15)23-7-20-8(24-27(2,16)17)22-9(21-7)25-28(18,19)4(6(12)13)3-5(10)11;;/h4H,3H2,1-2H3,(H,10,11)(H,12,13);;/q;2*+1/p-2. The van der Waals surface area contributed by atoms with Gasteiger partial charge in [-0.25, -0.2) is 16.8 Å². The number of hydrogen-bond acceptors (Lipinski definition) is 16. The molecular weight excluding hydrogens is 471 g/mol. The van der Waals surface area contributed by atoms with Crippen LogP contribution in [0.3, 0.4) is 0 Å². The van der Waals surface area contributed by atoms with Crippen LogP contribution in [0, 0.1) is 0 Å². The van der Waals surface area contributed by atoms with Crippen LogP contribution < -0.4 is 47.9 Å². The Morgan fingerprint density at radius 2 is 1.13 bits per heavy atom. The van der Waals surface area contributed by atoms with Crippen molar-refractivity contribution >= 4 is 64.3 Å². The predicted molar refractivity (Wildman–Crippen MR) is 80.8 cm³/mol.